The molecule has 0 saturated carbocycles. The number of benzene rings is 2. The average Bonchev–Trinajstić information content (AvgIpc) is 2.75. The lowest BCUT2D eigenvalue weighted by atomic mass is 10.0. The number of rotatable bonds is 9. The lowest BCUT2D eigenvalue weighted by Crippen LogP contribution is -2.15. The maximum atomic E-state index is 6.32. The summed E-state index contributed by atoms with van der Waals surface area (Å²) in [4.78, 5) is 6.81. The smallest absolute Gasteiger partial charge is 0.145 e. The van der Waals surface area contributed by atoms with Crippen LogP contribution in [0, 0.1) is 0 Å². The summed E-state index contributed by atoms with van der Waals surface area (Å²) in [6.07, 6.45) is 2.73. The predicted molar refractivity (Wildman–Crippen MR) is 116 cm³/mol. The van der Waals surface area contributed by atoms with Gasteiger partial charge in [0.25, 0.3) is 0 Å². The first-order valence-electron chi connectivity index (χ1n) is 9.54. The van der Waals surface area contributed by atoms with E-state index in [1.165, 1.54) is 0 Å². The molecule has 0 aliphatic carbocycles. The van der Waals surface area contributed by atoms with E-state index in [4.69, 9.17) is 18.9 Å². The number of hydrogen-bond acceptors (Lipinski definition) is 6. The molecule has 6 heteroatoms. The van der Waals surface area contributed by atoms with Crippen LogP contribution in [0.2, 0.25) is 0 Å². The molecule has 0 saturated heterocycles. The van der Waals surface area contributed by atoms with Gasteiger partial charge in [-0.25, -0.2) is 0 Å². The van der Waals surface area contributed by atoms with Gasteiger partial charge in [0, 0.05) is 18.3 Å². The molecule has 0 N–H and O–H groups in total. The van der Waals surface area contributed by atoms with E-state index in [1.807, 2.05) is 42.6 Å². The van der Waals surface area contributed by atoms with Crippen molar-refractivity contribution in [3.8, 4) is 34.1 Å². The van der Waals surface area contributed by atoms with Crippen LogP contribution in [-0.2, 0) is 0 Å². The second-order valence-corrected chi connectivity index (χ2v) is 6.93. The Morgan fingerprint density at radius 1 is 0.862 bits per heavy atom. The largest absolute Gasteiger partial charge is 0.497 e. The maximum absolute atomic E-state index is 6.32. The van der Waals surface area contributed by atoms with Crippen LogP contribution in [-0.4, -0.2) is 58.5 Å². The fourth-order valence-electron chi connectivity index (χ4n) is 3.24. The molecule has 0 aliphatic heterocycles. The lowest BCUT2D eigenvalue weighted by Gasteiger charge is -2.18. The van der Waals surface area contributed by atoms with Gasteiger partial charge in [-0.3, -0.25) is 4.98 Å². The predicted octanol–water partition coefficient (Wildman–Crippen LogP) is 4.26. The van der Waals surface area contributed by atoms with Gasteiger partial charge in [-0.1, -0.05) is 12.1 Å². The van der Waals surface area contributed by atoms with E-state index in [1.54, 1.807) is 21.3 Å². The van der Waals surface area contributed by atoms with Crippen LogP contribution >= 0.6 is 0 Å². The van der Waals surface area contributed by atoms with Crippen molar-refractivity contribution in [1.82, 2.24) is 9.88 Å². The minimum Gasteiger partial charge on any atom is -0.497 e. The van der Waals surface area contributed by atoms with E-state index in [-0.39, 0.29) is 0 Å². The Morgan fingerprint density at radius 2 is 1.55 bits per heavy atom. The summed E-state index contributed by atoms with van der Waals surface area (Å²) in [5.41, 5.74) is 2.61. The zero-order valence-corrected chi connectivity index (χ0v) is 17.7. The number of aromatic nitrogens is 1. The molecule has 6 nitrogen and oxygen atoms in total. The monoisotopic (exact) mass is 396 g/mol. The first-order valence-corrected chi connectivity index (χ1v) is 9.54. The van der Waals surface area contributed by atoms with E-state index in [9.17, 15) is 0 Å². The molecule has 1 aromatic heterocycles. The molecule has 0 spiro atoms. The Balaban J connectivity index is 2.14. The van der Waals surface area contributed by atoms with Crippen molar-refractivity contribution in [2.75, 3.05) is 48.6 Å². The molecule has 0 aliphatic rings. The highest BCUT2D eigenvalue weighted by atomic mass is 16.5. The van der Waals surface area contributed by atoms with Crippen molar-refractivity contribution in [3.05, 3.63) is 42.6 Å². The van der Waals surface area contributed by atoms with Gasteiger partial charge in [0.2, 0.25) is 0 Å². The van der Waals surface area contributed by atoms with Gasteiger partial charge < -0.3 is 23.8 Å². The molecule has 0 fully saturated rings. The molecule has 29 heavy (non-hydrogen) atoms. The summed E-state index contributed by atoms with van der Waals surface area (Å²) < 4.78 is 22.8. The standard InChI is InChI=1S/C23H28N2O4/c1-25(2)13-6-14-29-23-18(16-7-9-17(26-3)10-8-16)15-24-22-20(28-5)12-11-19(27-4)21(22)23/h7-12,15H,6,13-14H2,1-5H3. The molecule has 0 bridgehead atoms. The minimum atomic E-state index is 0.584. The van der Waals surface area contributed by atoms with Crippen molar-refractivity contribution in [1.29, 1.82) is 0 Å². The number of ether oxygens (including phenoxy) is 4. The maximum Gasteiger partial charge on any atom is 0.145 e. The van der Waals surface area contributed by atoms with Gasteiger partial charge in [0.1, 0.15) is 28.5 Å². The molecule has 154 valence electrons. The summed E-state index contributed by atoms with van der Waals surface area (Å²) in [6.45, 7) is 1.53. The van der Waals surface area contributed by atoms with Crippen LogP contribution < -0.4 is 18.9 Å². The van der Waals surface area contributed by atoms with Crippen LogP contribution in [0.25, 0.3) is 22.0 Å². The molecular formula is C23H28N2O4. The number of hydrogen-bond donors (Lipinski definition) is 0. The molecule has 3 aromatic rings. The van der Waals surface area contributed by atoms with Crippen molar-refractivity contribution in [3.63, 3.8) is 0 Å². The Kier molecular flexibility index (Phi) is 6.77. The minimum absolute atomic E-state index is 0.584. The summed E-state index contributed by atoms with van der Waals surface area (Å²) in [7, 11) is 9.05. The second kappa shape index (κ2) is 9.47. The number of pyridine rings is 1. The summed E-state index contributed by atoms with van der Waals surface area (Å²) in [6, 6.07) is 11.6. The zero-order chi connectivity index (χ0) is 20.8. The molecule has 0 radical (unpaired) electrons. The Morgan fingerprint density at radius 3 is 2.17 bits per heavy atom. The average molecular weight is 396 g/mol. The first-order chi connectivity index (χ1) is 14.1. The second-order valence-electron chi connectivity index (χ2n) is 6.93. The Bertz CT molecular complexity index is 955. The third-order valence-corrected chi connectivity index (χ3v) is 4.73. The summed E-state index contributed by atoms with van der Waals surface area (Å²) in [5, 5.41) is 0.810. The zero-order valence-electron chi connectivity index (χ0n) is 17.7. The van der Waals surface area contributed by atoms with Gasteiger partial charge in [0.15, 0.2) is 0 Å². The van der Waals surface area contributed by atoms with E-state index in [0.717, 1.165) is 41.0 Å². The van der Waals surface area contributed by atoms with Crippen LogP contribution in [0.3, 0.4) is 0 Å². The fourth-order valence-corrected chi connectivity index (χ4v) is 3.24. The van der Waals surface area contributed by atoms with Gasteiger partial charge in [-0.15, -0.1) is 0 Å². The van der Waals surface area contributed by atoms with E-state index in [0.29, 0.717) is 23.6 Å². The topological polar surface area (TPSA) is 53.1 Å². The molecule has 3 rings (SSSR count). The van der Waals surface area contributed by atoms with Crippen LogP contribution in [0.15, 0.2) is 42.6 Å². The van der Waals surface area contributed by atoms with Crippen LogP contribution in [0.4, 0.5) is 0 Å². The van der Waals surface area contributed by atoms with Gasteiger partial charge in [-0.2, -0.15) is 0 Å². The van der Waals surface area contributed by atoms with Gasteiger partial charge in [0.05, 0.1) is 33.3 Å². The highest BCUT2D eigenvalue weighted by Gasteiger charge is 2.19. The van der Waals surface area contributed by atoms with Crippen molar-refractivity contribution < 1.29 is 18.9 Å². The first kappa shape index (κ1) is 20.7. The van der Waals surface area contributed by atoms with Crippen molar-refractivity contribution >= 4 is 10.9 Å². The van der Waals surface area contributed by atoms with E-state index in [2.05, 4.69) is 24.0 Å². The molecule has 0 atom stereocenters. The van der Waals surface area contributed by atoms with Crippen LogP contribution in [0.1, 0.15) is 6.42 Å². The van der Waals surface area contributed by atoms with Crippen molar-refractivity contribution in [2.45, 2.75) is 6.42 Å². The molecule has 0 amide bonds. The van der Waals surface area contributed by atoms with E-state index < -0.39 is 0 Å². The molecular weight excluding hydrogens is 368 g/mol. The normalized spacial score (nSPS) is 11.0. The Hall–Kier alpha value is -2.99. The third kappa shape index (κ3) is 4.54. The molecule has 1 heterocycles. The highest BCUT2D eigenvalue weighted by Crippen LogP contribution is 2.43. The lowest BCUT2D eigenvalue weighted by molar-refractivity contribution is 0.284. The van der Waals surface area contributed by atoms with Crippen molar-refractivity contribution in [2.24, 2.45) is 0 Å². The highest BCUT2D eigenvalue weighted by molar-refractivity contribution is 5.99. The SMILES string of the molecule is COc1ccc(-c2cnc3c(OC)ccc(OC)c3c2OCCCN(C)C)cc1. The molecule has 2 aromatic carbocycles. The Labute approximate surface area is 172 Å². The van der Waals surface area contributed by atoms with E-state index >= 15 is 0 Å². The van der Waals surface area contributed by atoms with Gasteiger partial charge in [-0.05, 0) is 50.3 Å². The summed E-state index contributed by atoms with van der Waals surface area (Å²) >= 11 is 0. The van der Waals surface area contributed by atoms with Gasteiger partial charge >= 0.3 is 0 Å². The van der Waals surface area contributed by atoms with Crippen LogP contribution in [0.5, 0.6) is 23.0 Å². The summed E-state index contributed by atoms with van der Waals surface area (Å²) in [5.74, 6) is 2.93. The fraction of sp³-hybridized carbons (Fsp3) is 0.348. The third-order valence-electron chi connectivity index (χ3n) is 4.73. The number of fused-ring (bicyclic) bond motifs is 1. The number of methoxy groups -OCH3 is 3. The number of nitrogens with zero attached hydrogens (tertiary/aromatic N) is 2. The molecule has 0 unspecified atom stereocenters. The quantitative estimate of drug-likeness (QED) is 0.504.